The second kappa shape index (κ2) is 6.66. The van der Waals surface area contributed by atoms with Crippen LogP contribution in [0.5, 0.6) is 0 Å². The Morgan fingerprint density at radius 3 is 2.19 bits per heavy atom. The summed E-state index contributed by atoms with van der Waals surface area (Å²) in [5.41, 5.74) is 14.5. The van der Waals surface area contributed by atoms with Crippen molar-refractivity contribution in [3.05, 3.63) is 35.4 Å². The molecule has 0 radical (unpaired) electrons. The van der Waals surface area contributed by atoms with Crippen molar-refractivity contribution in [2.45, 2.75) is 51.6 Å². The molecule has 0 fully saturated rings. The van der Waals surface area contributed by atoms with E-state index in [9.17, 15) is 0 Å². The molecular weight excluding hydrogens is 196 g/mol. The van der Waals surface area contributed by atoms with Crippen molar-refractivity contribution in [2.75, 3.05) is 0 Å². The van der Waals surface area contributed by atoms with Crippen LogP contribution in [-0.4, -0.2) is 6.04 Å². The van der Waals surface area contributed by atoms with E-state index in [4.69, 9.17) is 11.5 Å². The second-order valence-corrected chi connectivity index (χ2v) is 4.65. The van der Waals surface area contributed by atoms with Crippen molar-refractivity contribution < 1.29 is 0 Å². The van der Waals surface area contributed by atoms with Gasteiger partial charge in [0.25, 0.3) is 0 Å². The first kappa shape index (κ1) is 13.2. The highest BCUT2D eigenvalue weighted by molar-refractivity contribution is 5.24. The highest BCUT2D eigenvalue weighted by Gasteiger charge is 2.06. The number of hydrogen-bond donors (Lipinski definition) is 2. The fourth-order valence-corrected chi connectivity index (χ4v) is 1.83. The Morgan fingerprint density at radius 2 is 1.69 bits per heavy atom. The van der Waals surface area contributed by atoms with E-state index >= 15 is 0 Å². The Bertz CT molecular complexity index is 290. The Labute approximate surface area is 99.0 Å². The molecule has 2 heteroatoms. The largest absolute Gasteiger partial charge is 0.328 e. The third kappa shape index (κ3) is 4.33. The Morgan fingerprint density at radius 1 is 1.06 bits per heavy atom. The lowest BCUT2D eigenvalue weighted by Crippen LogP contribution is -2.18. The lowest BCUT2D eigenvalue weighted by molar-refractivity contribution is 0.555. The van der Waals surface area contributed by atoms with Crippen LogP contribution in [0.25, 0.3) is 0 Å². The Balaban J connectivity index is 2.52. The van der Waals surface area contributed by atoms with Gasteiger partial charge in [-0.15, -0.1) is 0 Å². The summed E-state index contributed by atoms with van der Waals surface area (Å²) in [5, 5.41) is 0. The van der Waals surface area contributed by atoms with Crippen molar-refractivity contribution >= 4 is 0 Å². The van der Waals surface area contributed by atoms with Gasteiger partial charge < -0.3 is 11.5 Å². The molecule has 0 aliphatic rings. The maximum absolute atomic E-state index is 6.11. The van der Waals surface area contributed by atoms with Gasteiger partial charge in [0.15, 0.2) is 0 Å². The number of hydrogen-bond acceptors (Lipinski definition) is 2. The minimum atomic E-state index is 0.127. The molecule has 1 aromatic carbocycles. The number of benzene rings is 1. The molecule has 0 spiro atoms. The minimum Gasteiger partial charge on any atom is -0.328 e. The van der Waals surface area contributed by atoms with Gasteiger partial charge in [-0.3, -0.25) is 0 Å². The van der Waals surface area contributed by atoms with Gasteiger partial charge in [-0.25, -0.2) is 0 Å². The number of aryl methyl sites for hydroxylation is 1. The van der Waals surface area contributed by atoms with Gasteiger partial charge in [-0.05, 0) is 37.3 Å². The molecule has 2 nitrogen and oxygen atoms in total. The van der Waals surface area contributed by atoms with Crippen molar-refractivity contribution in [1.29, 1.82) is 0 Å². The summed E-state index contributed by atoms with van der Waals surface area (Å²) in [4.78, 5) is 0. The number of nitrogens with two attached hydrogens (primary N) is 2. The van der Waals surface area contributed by atoms with Gasteiger partial charge in [-0.2, -0.15) is 0 Å². The minimum absolute atomic E-state index is 0.127. The molecule has 0 amide bonds. The van der Waals surface area contributed by atoms with E-state index in [2.05, 4.69) is 31.2 Å². The van der Waals surface area contributed by atoms with Crippen LogP contribution in [0.15, 0.2) is 24.3 Å². The Hall–Kier alpha value is -0.860. The lowest BCUT2D eigenvalue weighted by Gasteiger charge is -2.14. The van der Waals surface area contributed by atoms with Crippen LogP contribution in [0, 0.1) is 0 Å². The third-order valence-electron chi connectivity index (χ3n) is 2.88. The first-order chi connectivity index (χ1) is 7.63. The predicted molar refractivity (Wildman–Crippen MR) is 70.2 cm³/mol. The van der Waals surface area contributed by atoms with Gasteiger partial charge in [0, 0.05) is 12.1 Å². The van der Waals surface area contributed by atoms with Gasteiger partial charge in [-0.1, -0.05) is 37.6 Å². The molecule has 90 valence electrons. The molecule has 0 heterocycles. The van der Waals surface area contributed by atoms with Crippen LogP contribution in [0.3, 0.4) is 0 Å². The smallest absolute Gasteiger partial charge is 0.0295 e. The molecule has 2 unspecified atom stereocenters. The summed E-state index contributed by atoms with van der Waals surface area (Å²) in [6.45, 7) is 4.22. The van der Waals surface area contributed by atoms with Crippen LogP contribution >= 0.6 is 0 Å². The maximum Gasteiger partial charge on any atom is 0.0295 e. The van der Waals surface area contributed by atoms with Crippen LogP contribution in [0.4, 0.5) is 0 Å². The summed E-state index contributed by atoms with van der Waals surface area (Å²) in [6.07, 6.45) is 4.29. The van der Waals surface area contributed by atoms with Gasteiger partial charge in [0.1, 0.15) is 0 Å². The summed E-state index contributed by atoms with van der Waals surface area (Å²) >= 11 is 0. The summed E-state index contributed by atoms with van der Waals surface area (Å²) in [7, 11) is 0. The van der Waals surface area contributed by atoms with E-state index in [1.165, 1.54) is 17.5 Å². The zero-order chi connectivity index (χ0) is 12.0. The van der Waals surface area contributed by atoms with E-state index in [0.29, 0.717) is 0 Å². The first-order valence-electron chi connectivity index (χ1n) is 6.23. The van der Waals surface area contributed by atoms with Gasteiger partial charge in [0.2, 0.25) is 0 Å². The van der Waals surface area contributed by atoms with Crippen LogP contribution in [-0.2, 0) is 6.42 Å². The quantitative estimate of drug-likeness (QED) is 0.774. The average Bonchev–Trinajstić information content (AvgIpc) is 2.27. The monoisotopic (exact) mass is 220 g/mol. The predicted octanol–water partition coefficient (Wildman–Crippen LogP) is 2.77. The SMILES string of the molecule is CCCc1ccc(C(N)CCC(C)N)cc1. The summed E-state index contributed by atoms with van der Waals surface area (Å²) < 4.78 is 0. The molecule has 1 rings (SSSR count). The summed E-state index contributed by atoms with van der Waals surface area (Å²) in [5.74, 6) is 0. The van der Waals surface area contributed by atoms with E-state index in [1.54, 1.807) is 0 Å². The molecule has 0 aliphatic heterocycles. The molecule has 1 aromatic rings. The topological polar surface area (TPSA) is 52.0 Å². The standard InChI is InChI=1S/C14H24N2/c1-3-4-12-6-8-13(9-7-12)14(16)10-5-11(2)15/h6-9,11,14H,3-5,10,15-16H2,1-2H3. The van der Waals surface area contributed by atoms with E-state index in [1.807, 2.05) is 6.92 Å². The average molecular weight is 220 g/mol. The lowest BCUT2D eigenvalue weighted by atomic mass is 9.99. The second-order valence-electron chi connectivity index (χ2n) is 4.65. The van der Waals surface area contributed by atoms with Crippen molar-refractivity contribution in [2.24, 2.45) is 11.5 Å². The molecule has 0 aromatic heterocycles. The Kier molecular flexibility index (Phi) is 5.50. The normalized spacial score (nSPS) is 14.8. The van der Waals surface area contributed by atoms with E-state index in [-0.39, 0.29) is 12.1 Å². The molecule has 4 N–H and O–H groups in total. The molecule has 16 heavy (non-hydrogen) atoms. The molecule has 0 saturated heterocycles. The third-order valence-corrected chi connectivity index (χ3v) is 2.88. The molecule has 0 saturated carbocycles. The fourth-order valence-electron chi connectivity index (χ4n) is 1.83. The summed E-state index contributed by atoms with van der Waals surface area (Å²) in [6, 6.07) is 9.04. The van der Waals surface area contributed by atoms with Gasteiger partial charge in [0.05, 0.1) is 0 Å². The molecular formula is C14H24N2. The highest BCUT2D eigenvalue weighted by Crippen LogP contribution is 2.17. The van der Waals surface area contributed by atoms with Crippen LogP contribution < -0.4 is 11.5 Å². The van der Waals surface area contributed by atoms with Crippen molar-refractivity contribution in [3.8, 4) is 0 Å². The zero-order valence-electron chi connectivity index (χ0n) is 10.4. The molecule has 0 bridgehead atoms. The number of rotatable bonds is 6. The maximum atomic E-state index is 6.11. The van der Waals surface area contributed by atoms with E-state index in [0.717, 1.165) is 19.3 Å². The fraction of sp³-hybridized carbons (Fsp3) is 0.571. The first-order valence-corrected chi connectivity index (χ1v) is 6.23. The zero-order valence-corrected chi connectivity index (χ0v) is 10.4. The van der Waals surface area contributed by atoms with Crippen LogP contribution in [0.1, 0.15) is 50.3 Å². The van der Waals surface area contributed by atoms with E-state index < -0.39 is 0 Å². The van der Waals surface area contributed by atoms with Crippen molar-refractivity contribution in [3.63, 3.8) is 0 Å². The van der Waals surface area contributed by atoms with Crippen LogP contribution in [0.2, 0.25) is 0 Å². The highest BCUT2D eigenvalue weighted by atomic mass is 14.6. The molecule has 2 atom stereocenters. The van der Waals surface area contributed by atoms with Gasteiger partial charge >= 0.3 is 0 Å². The van der Waals surface area contributed by atoms with Crippen molar-refractivity contribution in [1.82, 2.24) is 0 Å². The molecule has 0 aliphatic carbocycles.